The standard InChI is InChI=1S/C21H28NO/c1-14(2)20(23)16-8-11-19(22(7)13-16)18-10-9-17(12-15(18)3)21(4,5)6/h8-14H,1-7H3/q+1. The highest BCUT2D eigenvalue weighted by Gasteiger charge is 2.20. The monoisotopic (exact) mass is 310 g/mol. The van der Waals surface area contributed by atoms with Gasteiger partial charge in [-0.25, -0.2) is 4.57 Å². The van der Waals surface area contributed by atoms with E-state index in [1.165, 1.54) is 16.7 Å². The molecule has 0 saturated carbocycles. The van der Waals surface area contributed by atoms with Gasteiger partial charge in [-0.3, -0.25) is 4.79 Å². The van der Waals surface area contributed by atoms with Crippen molar-refractivity contribution in [2.75, 3.05) is 0 Å². The zero-order chi connectivity index (χ0) is 17.4. The molecule has 0 aliphatic heterocycles. The van der Waals surface area contributed by atoms with Gasteiger partial charge in [-0.05, 0) is 35.6 Å². The van der Waals surface area contributed by atoms with Crippen molar-refractivity contribution >= 4 is 5.78 Å². The van der Waals surface area contributed by atoms with Crippen molar-refractivity contribution in [2.45, 2.75) is 47.0 Å². The van der Waals surface area contributed by atoms with Crippen LogP contribution in [0.4, 0.5) is 0 Å². The first-order valence-corrected chi connectivity index (χ1v) is 8.26. The summed E-state index contributed by atoms with van der Waals surface area (Å²) in [5, 5.41) is 0. The molecule has 0 spiro atoms. The van der Waals surface area contributed by atoms with E-state index in [9.17, 15) is 4.79 Å². The van der Waals surface area contributed by atoms with Gasteiger partial charge in [0, 0.05) is 17.5 Å². The molecule has 0 amide bonds. The predicted octanol–water partition coefficient (Wildman–Crippen LogP) is 4.62. The third kappa shape index (κ3) is 3.69. The van der Waals surface area contributed by atoms with Crippen LogP contribution in [0.25, 0.3) is 11.3 Å². The van der Waals surface area contributed by atoms with Gasteiger partial charge in [0.05, 0.1) is 5.56 Å². The Morgan fingerprint density at radius 1 is 1.09 bits per heavy atom. The summed E-state index contributed by atoms with van der Waals surface area (Å²) in [6, 6.07) is 10.6. The van der Waals surface area contributed by atoms with Crippen molar-refractivity contribution in [1.29, 1.82) is 0 Å². The van der Waals surface area contributed by atoms with Gasteiger partial charge < -0.3 is 0 Å². The maximum Gasteiger partial charge on any atom is 0.212 e. The van der Waals surface area contributed by atoms with Crippen molar-refractivity contribution in [3.05, 3.63) is 53.2 Å². The van der Waals surface area contributed by atoms with Crippen molar-refractivity contribution in [2.24, 2.45) is 13.0 Å². The molecular formula is C21H28NO+. The van der Waals surface area contributed by atoms with Crippen LogP contribution >= 0.6 is 0 Å². The van der Waals surface area contributed by atoms with Gasteiger partial charge in [-0.1, -0.05) is 46.8 Å². The van der Waals surface area contributed by atoms with E-state index >= 15 is 0 Å². The number of Topliss-reactive ketones (excluding diaryl/α,β-unsaturated/α-hetero) is 1. The number of rotatable bonds is 3. The Balaban J connectivity index is 2.45. The topological polar surface area (TPSA) is 20.9 Å². The first kappa shape index (κ1) is 17.4. The molecule has 2 aromatic rings. The van der Waals surface area contributed by atoms with Gasteiger partial charge in [-0.15, -0.1) is 0 Å². The Labute approximate surface area is 140 Å². The molecule has 0 N–H and O–H groups in total. The third-order valence-electron chi connectivity index (χ3n) is 4.31. The van der Waals surface area contributed by atoms with E-state index in [-0.39, 0.29) is 17.1 Å². The number of ketones is 1. The minimum Gasteiger partial charge on any atom is -0.294 e. The summed E-state index contributed by atoms with van der Waals surface area (Å²) < 4.78 is 2.05. The maximum atomic E-state index is 12.2. The van der Waals surface area contributed by atoms with E-state index in [4.69, 9.17) is 0 Å². The third-order valence-corrected chi connectivity index (χ3v) is 4.31. The van der Waals surface area contributed by atoms with Crippen LogP contribution in [0.5, 0.6) is 0 Å². The Hall–Kier alpha value is -1.96. The normalized spacial score (nSPS) is 11.8. The van der Waals surface area contributed by atoms with E-state index in [0.717, 1.165) is 11.3 Å². The van der Waals surface area contributed by atoms with Crippen LogP contribution < -0.4 is 4.57 Å². The lowest BCUT2D eigenvalue weighted by Crippen LogP contribution is -2.32. The lowest BCUT2D eigenvalue weighted by molar-refractivity contribution is -0.660. The van der Waals surface area contributed by atoms with Crippen LogP contribution in [0.15, 0.2) is 36.5 Å². The van der Waals surface area contributed by atoms with E-state index < -0.39 is 0 Å². The van der Waals surface area contributed by atoms with Crippen LogP contribution in [0, 0.1) is 12.8 Å². The number of pyridine rings is 1. The van der Waals surface area contributed by atoms with Gasteiger partial charge in [0.2, 0.25) is 5.69 Å². The highest BCUT2D eigenvalue weighted by molar-refractivity contribution is 5.97. The Morgan fingerprint density at radius 3 is 2.22 bits per heavy atom. The molecular weight excluding hydrogens is 282 g/mol. The molecule has 0 bridgehead atoms. The summed E-state index contributed by atoms with van der Waals surface area (Å²) in [7, 11) is 2.00. The molecule has 0 aliphatic rings. The summed E-state index contributed by atoms with van der Waals surface area (Å²) in [4.78, 5) is 12.2. The number of carbonyl (C=O) groups excluding carboxylic acids is 1. The lowest BCUT2D eigenvalue weighted by atomic mass is 9.85. The molecule has 2 heteroatoms. The fraction of sp³-hybridized carbons (Fsp3) is 0.429. The first-order valence-electron chi connectivity index (χ1n) is 8.26. The SMILES string of the molecule is Cc1cc(C(C)(C)C)ccc1-c1ccc(C(=O)C(C)C)c[n+]1C. The molecule has 0 unspecified atom stereocenters. The number of benzene rings is 1. The molecule has 0 saturated heterocycles. The van der Waals surface area contributed by atoms with Crippen LogP contribution in [-0.4, -0.2) is 5.78 Å². The van der Waals surface area contributed by atoms with Crippen LogP contribution in [0.1, 0.15) is 56.1 Å². The Bertz CT molecular complexity index is 736. The second kappa shape index (κ2) is 6.27. The molecule has 122 valence electrons. The van der Waals surface area contributed by atoms with E-state index in [1.807, 2.05) is 33.2 Å². The summed E-state index contributed by atoms with van der Waals surface area (Å²) >= 11 is 0. The smallest absolute Gasteiger partial charge is 0.212 e. The highest BCUT2D eigenvalue weighted by Crippen LogP contribution is 2.28. The zero-order valence-electron chi connectivity index (χ0n) is 15.4. The zero-order valence-corrected chi connectivity index (χ0v) is 15.4. The average Bonchev–Trinajstić information content (AvgIpc) is 2.45. The fourth-order valence-corrected chi connectivity index (χ4v) is 2.78. The number of hydrogen-bond donors (Lipinski definition) is 0. The van der Waals surface area contributed by atoms with Crippen molar-refractivity contribution < 1.29 is 9.36 Å². The quantitative estimate of drug-likeness (QED) is 0.598. The van der Waals surface area contributed by atoms with Crippen molar-refractivity contribution in [3.63, 3.8) is 0 Å². The molecule has 1 aromatic heterocycles. The van der Waals surface area contributed by atoms with Crippen LogP contribution in [-0.2, 0) is 12.5 Å². The van der Waals surface area contributed by atoms with E-state index in [2.05, 4.69) is 56.5 Å². The second-order valence-corrected chi connectivity index (χ2v) is 7.71. The highest BCUT2D eigenvalue weighted by atomic mass is 16.1. The van der Waals surface area contributed by atoms with Crippen molar-refractivity contribution in [3.8, 4) is 11.3 Å². The molecule has 2 rings (SSSR count). The molecule has 0 aliphatic carbocycles. The fourth-order valence-electron chi connectivity index (χ4n) is 2.78. The van der Waals surface area contributed by atoms with Crippen LogP contribution in [0.3, 0.4) is 0 Å². The number of nitrogens with zero attached hydrogens (tertiary/aromatic N) is 1. The van der Waals surface area contributed by atoms with Crippen molar-refractivity contribution in [1.82, 2.24) is 0 Å². The predicted molar refractivity (Wildman–Crippen MR) is 95.7 cm³/mol. The first-order chi connectivity index (χ1) is 10.6. The summed E-state index contributed by atoms with van der Waals surface area (Å²) in [6.45, 7) is 12.7. The number of aromatic nitrogens is 1. The Kier molecular flexibility index (Phi) is 4.74. The number of aryl methyl sites for hydroxylation is 2. The molecule has 23 heavy (non-hydrogen) atoms. The number of carbonyl (C=O) groups is 1. The molecule has 1 aromatic carbocycles. The van der Waals surface area contributed by atoms with Gasteiger partial charge in [0.15, 0.2) is 12.0 Å². The van der Waals surface area contributed by atoms with Gasteiger partial charge in [0.25, 0.3) is 0 Å². The second-order valence-electron chi connectivity index (χ2n) is 7.71. The van der Waals surface area contributed by atoms with E-state index in [1.54, 1.807) is 0 Å². The molecule has 0 atom stereocenters. The largest absolute Gasteiger partial charge is 0.294 e. The summed E-state index contributed by atoms with van der Waals surface area (Å²) in [5.74, 6) is 0.209. The molecule has 0 radical (unpaired) electrons. The van der Waals surface area contributed by atoms with Crippen LogP contribution in [0.2, 0.25) is 0 Å². The molecule has 0 fully saturated rings. The lowest BCUT2D eigenvalue weighted by Gasteiger charge is -2.20. The van der Waals surface area contributed by atoms with E-state index in [0.29, 0.717) is 0 Å². The minimum absolute atomic E-state index is 0.0219. The van der Waals surface area contributed by atoms with Gasteiger partial charge in [-0.2, -0.15) is 0 Å². The molecule has 2 nitrogen and oxygen atoms in total. The van der Waals surface area contributed by atoms with Gasteiger partial charge in [0.1, 0.15) is 7.05 Å². The summed E-state index contributed by atoms with van der Waals surface area (Å²) in [5.41, 5.74) is 5.87. The molecule has 1 heterocycles. The average molecular weight is 310 g/mol. The van der Waals surface area contributed by atoms with Gasteiger partial charge >= 0.3 is 0 Å². The summed E-state index contributed by atoms with van der Waals surface area (Å²) in [6.07, 6.45) is 1.94. The minimum atomic E-state index is 0.0219. The maximum absolute atomic E-state index is 12.2. The number of hydrogen-bond acceptors (Lipinski definition) is 1. The Morgan fingerprint density at radius 2 is 1.74 bits per heavy atom.